The predicted octanol–water partition coefficient (Wildman–Crippen LogP) is 2.41. The summed E-state index contributed by atoms with van der Waals surface area (Å²) < 4.78 is 29.7. The Kier molecular flexibility index (Phi) is 4.65. The van der Waals surface area contributed by atoms with Crippen LogP contribution in [0.1, 0.15) is 17.7 Å². The zero-order valence-corrected chi connectivity index (χ0v) is 10.6. The van der Waals surface area contributed by atoms with Gasteiger partial charge in [0.05, 0.1) is 18.7 Å². The summed E-state index contributed by atoms with van der Waals surface area (Å²) in [5, 5.41) is 10.6. The van der Waals surface area contributed by atoms with Crippen LogP contribution in [0, 0.1) is 10.1 Å². The molecule has 0 spiro atoms. The van der Waals surface area contributed by atoms with Crippen molar-refractivity contribution >= 4 is 27.7 Å². The number of ether oxygens (including phenoxy) is 1. The Hall–Kier alpha value is -1.64. The van der Waals surface area contributed by atoms with Crippen molar-refractivity contribution in [2.45, 2.75) is 12.8 Å². The number of alkyl halides is 2. The summed E-state index contributed by atoms with van der Waals surface area (Å²) in [7, 11) is 1.08. The molecule has 98 valence electrons. The lowest BCUT2D eigenvalue weighted by Crippen LogP contribution is -2.11. The number of carbonyl (C=O) groups is 1. The molecule has 0 atom stereocenters. The molecule has 0 aliphatic carbocycles. The molecule has 18 heavy (non-hydrogen) atoms. The molecule has 0 amide bonds. The molecule has 1 aromatic rings. The van der Waals surface area contributed by atoms with Gasteiger partial charge in [-0.05, 0) is 25.8 Å². The van der Waals surface area contributed by atoms with Crippen LogP contribution in [0.4, 0.5) is 14.6 Å². The van der Waals surface area contributed by atoms with Gasteiger partial charge in [0.2, 0.25) is 0 Å². The summed E-state index contributed by atoms with van der Waals surface area (Å²) in [5.74, 6) is -1.43. The SMILES string of the molecule is COC(=O)Cc1nc([N+](=O)[O-])cc(Br)c1C(F)F. The number of nitrogens with zero attached hydrogens (tertiary/aromatic N) is 2. The van der Waals surface area contributed by atoms with Gasteiger partial charge in [0.15, 0.2) is 5.69 Å². The second kappa shape index (κ2) is 5.80. The van der Waals surface area contributed by atoms with E-state index in [0.717, 1.165) is 13.2 Å². The maximum absolute atomic E-state index is 12.8. The molecule has 0 unspecified atom stereocenters. The van der Waals surface area contributed by atoms with Crippen LogP contribution in [0.25, 0.3) is 0 Å². The molecule has 0 bridgehead atoms. The summed E-state index contributed by atoms with van der Waals surface area (Å²) in [6.07, 6.45) is -3.47. The Morgan fingerprint density at radius 3 is 2.72 bits per heavy atom. The molecule has 1 aromatic heterocycles. The van der Waals surface area contributed by atoms with Crippen molar-refractivity contribution in [3.63, 3.8) is 0 Å². The van der Waals surface area contributed by atoms with E-state index in [9.17, 15) is 23.7 Å². The average Bonchev–Trinajstić information content (AvgIpc) is 2.27. The number of esters is 1. The largest absolute Gasteiger partial charge is 0.469 e. The number of halogens is 3. The topological polar surface area (TPSA) is 82.3 Å². The second-order valence-electron chi connectivity index (χ2n) is 3.13. The number of hydrogen-bond acceptors (Lipinski definition) is 5. The first-order valence-corrected chi connectivity index (χ1v) is 5.34. The molecule has 0 aliphatic rings. The molecule has 1 heterocycles. The van der Waals surface area contributed by atoms with Gasteiger partial charge in [-0.1, -0.05) is 0 Å². The molecule has 0 saturated carbocycles. The number of hydrogen-bond donors (Lipinski definition) is 0. The summed E-state index contributed by atoms with van der Waals surface area (Å²) in [6, 6.07) is 0.863. The summed E-state index contributed by atoms with van der Waals surface area (Å²) in [4.78, 5) is 24.2. The molecule has 0 radical (unpaired) electrons. The van der Waals surface area contributed by atoms with Gasteiger partial charge in [0.1, 0.15) is 6.42 Å². The van der Waals surface area contributed by atoms with Crippen LogP contribution in [-0.4, -0.2) is 23.0 Å². The highest BCUT2D eigenvalue weighted by Gasteiger charge is 2.27. The number of nitro groups is 1. The average molecular weight is 325 g/mol. The highest BCUT2D eigenvalue weighted by atomic mass is 79.9. The molecule has 0 saturated heterocycles. The lowest BCUT2D eigenvalue weighted by Gasteiger charge is -2.06. The van der Waals surface area contributed by atoms with E-state index in [2.05, 4.69) is 25.7 Å². The van der Waals surface area contributed by atoms with Gasteiger partial charge in [-0.25, -0.2) is 8.78 Å². The standard InChI is InChI=1S/C9H7BrF2N2O4/c1-18-7(15)3-5-8(9(11)12)4(10)2-6(13-5)14(16)17/h2,9H,3H2,1H3. The Bertz CT molecular complexity index is 496. The van der Waals surface area contributed by atoms with Crippen molar-refractivity contribution in [3.05, 3.63) is 31.9 Å². The molecule has 0 N–H and O–H groups in total. The lowest BCUT2D eigenvalue weighted by atomic mass is 10.1. The van der Waals surface area contributed by atoms with Gasteiger partial charge in [-0.3, -0.25) is 4.79 Å². The lowest BCUT2D eigenvalue weighted by molar-refractivity contribution is -0.389. The maximum Gasteiger partial charge on any atom is 0.364 e. The quantitative estimate of drug-likeness (QED) is 0.482. The second-order valence-corrected chi connectivity index (χ2v) is 3.99. The predicted molar refractivity (Wildman–Crippen MR) is 59.3 cm³/mol. The van der Waals surface area contributed by atoms with E-state index in [0.29, 0.717) is 0 Å². The van der Waals surface area contributed by atoms with Crippen LogP contribution in [0.15, 0.2) is 10.5 Å². The molecule has 0 fully saturated rings. The van der Waals surface area contributed by atoms with E-state index in [1.807, 2.05) is 0 Å². The number of rotatable bonds is 4. The minimum absolute atomic E-state index is 0.168. The van der Waals surface area contributed by atoms with Gasteiger partial charge in [-0.15, -0.1) is 0 Å². The fourth-order valence-corrected chi connectivity index (χ4v) is 1.83. The Balaban J connectivity index is 3.33. The summed E-state index contributed by atoms with van der Waals surface area (Å²) in [6.45, 7) is 0. The summed E-state index contributed by atoms with van der Waals surface area (Å²) in [5.41, 5.74) is -0.927. The van der Waals surface area contributed by atoms with Crippen LogP contribution in [-0.2, 0) is 16.0 Å². The van der Waals surface area contributed by atoms with E-state index < -0.39 is 35.1 Å². The van der Waals surface area contributed by atoms with Crippen molar-refractivity contribution in [1.29, 1.82) is 0 Å². The smallest absolute Gasteiger partial charge is 0.364 e. The number of aromatic nitrogens is 1. The zero-order valence-electron chi connectivity index (χ0n) is 9.02. The molecule has 1 rings (SSSR count). The minimum atomic E-state index is -2.91. The number of pyridine rings is 1. The third-order valence-electron chi connectivity index (χ3n) is 2.02. The van der Waals surface area contributed by atoms with Gasteiger partial charge in [-0.2, -0.15) is 0 Å². The Morgan fingerprint density at radius 2 is 2.28 bits per heavy atom. The molecular weight excluding hydrogens is 318 g/mol. The van der Waals surface area contributed by atoms with E-state index in [1.165, 1.54) is 0 Å². The molecule has 6 nitrogen and oxygen atoms in total. The van der Waals surface area contributed by atoms with Crippen LogP contribution in [0.5, 0.6) is 0 Å². The van der Waals surface area contributed by atoms with E-state index in [-0.39, 0.29) is 10.2 Å². The minimum Gasteiger partial charge on any atom is -0.469 e. The Morgan fingerprint density at radius 1 is 1.67 bits per heavy atom. The molecular formula is C9H7BrF2N2O4. The fraction of sp³-hybridized carbons (Fsp3) is 0.333. The zero-order chi connectivity index (χ0) is 13.9. The van der Waals surface area contributed by atoms with Gasteiger partial charge in [0.25, 0.3) is 6.43 Å². The third-order valence-corrected chi connectivity index (χ3v) is 2.67. The van der Waals surface area contributed by atoms with Gasteiger partial charge in [0, 0.05) is 4.47 Å². The first-order chi connectivity index (χ1) is 8.36. The van der Waals surface area contributed by atoms with Crippen LogP contribution in [0.2, 0.25) is 0 Å². The Labute approximate surface area is 108 Å². The number of carbonyl (C=O) groups excluding carboxylic acids is 1. The van der Waals surface area contributed by atoms with Crippen molar-refractivity contribution < 1.29 is 23.2 Å². The monoisotopic (exact) mass is 324 g/mol. The van der Waals surface area contributed by atoms with Gasteiger partial charge >= 0.3 is 11.8 Å². The maximum atomic E-state index is 12.8. The number of methoxy groups -OCH3 is 1. The van der Waals surface area contributed by atoms with Crippen molar-refractivity contribution in [3.8, 4) is 0 Å². The highest BCUT2D eigenvalue weighted by molar-refractivity contribution is 9.10. The molecule has 0 aliphatic heterocycles. The fourth-order valence-electron chi connectivity index (χ4n) is 1.23. The van der Waals surface area contributed by atoms with Crippen LogP contribution < -0.4 is 0 Å². The third kappa shape index (κ3) is 3.19. The summed E-state index contributed by atoms with van der Waals surface area (Å²) >= 11 is 2.80. The first-order valence-electron chi connectivity index (χ1n) is 4.55. The normalized spacial score (nSPS) is 10.5. The van der Waals surface area contributed by atoms with Crippen LogP contribution in [0.3, 0.4) is 0 Å². The first kappa shape index (κ1) is 14.4. The molecule has 0 aromatic carbocycles. The molecule has 9 heteroatoms. The van der Waals surface area contributed by atoms with Crippen molar-refractivity contribution in [2.75, 3.05) is 7.11 Å². The van der Waals surface area contributed by atoms with Crippen LogP contribution >= 0.6 is 15.9 Å². The highest BCUT2D eigenvalue weighted by Crippen LogP contribution is 2.32. The van der Waals surface area contributed by atoms with E-state index in [1.54, 1.807) is 0 Å². The van der Waals surface area contributed by atoms with Crippen molar-refractivity contribution in [2.24, 2.45) is 0 Å². The van der Waals surface area contributed by atoms with Crippen molar-refractivity contribution in [1.82, 2.24) is 4.98 Å². The van der Waals surface area contributed by atoms with Gasteiger partial charge < -0.3 is 14.9 Å². The van der Waals surface area contributed by atoms with E-state index in [4.69, 9.17) is 0 Å². The van der Waals surface area contributed by atoms with E-state index >= 15 is 0 Å².